The lowest BCUT2D eigenvalue weighted by Crippen LogP contribution is -2.21. The number of methoxy groups -OCH3 is 1. The lowest BCUT2D eigenvalue weighted by Gasteiger charge is -2.21. The molecule has 2 unspecified atom stereocenters. The first-order valence-electron chi connectivity index (χ1n) is 7.35. The van der Waals surface area contributed by atoms with Crippen LogP contribution in [0.3, 0.4) is 0 Å². The van der Waals surface area contributed by atoms with Crippen molar-refractivity contribution >= 4 is 43.5 Å². The SMILES string of the molecule is COC(=O)c1cc(Br)cc(Br)c1NC1CCCC(C)CC1. The topological polar surface area (TPSA) is 38.3 Å². The maximum absolute atomic E-state index is 12.0. The summed E-state index contributed by atoms with van der Waals surface area (Å²) >= 11 is 6.98. The van der Waals surface area contributed by atoms with Crippen LogP contribution in [0.4, 0.5) is 5.69 Å². The highest BCUT2D eigenvalue weighted by Crippen LogP contribution is 2.34. The second-order valence-corrected chi connectivity index (χ2v) is 7.53. The molecule has 5 heteroatoms. The predicted molar refractivity (Wildman–Crippen MR) is 92.8 cm³/mol. The fourth-order valence-corrected chi connectivity index (χ4v) is 4.17. The molecule has 2 rings (SSSR count). The second-order valence-electron chi connectivity index (χ2n) is 5.76. The summed E-state index contributed by atoms with van der Waals surface area (Å²) in [6.07, 6.45) is 6.06. The van der Waals surface area contributed by atoms with Gasteiger partial charge in [-0.2, -0.15) is 0 Å². The van der Waals surface area contributed by atoms with Crippen LogP contribution in [0.25, 0.3) is 0 Å². The van der Waals surface area contributed by atoms with Gasteiger partial charge in [-0.15, -0.1) is 0 Å². The van der Waals surface area contributed by atoms with Gasteiger partial charge in [0, 0.05) is 15.0 Å². The van der Waals surface area contributed by atoms with Crippen molar-refractivity contribution in [3.05, 3.63) is 26.6 Å². The Morgan fingerprint density at radius 1 is 1.24 bits per heavy atom. The highest BCUT2D eigenvalue weighted by molar-refractivity contribution is 9.11. The minimum absolute atomic E-state index is 0.318. The van der Waals surface area contributed by atoms with Crippen LogP contribution in [0.15, 0.2) is 21.1 Å². The average molecular weight is 419 g/mol. The minimum Gasteiger partial charge on any atom is -0.465 e. The van der Waals surface area contributed by atoms with Crippen LogP contribution in [0.5, 0.6) is 0 Å². The standard InChI is InChI=1S/C16H21Br2NO2/c1-10-4-3-5-12(7-6-10)19-15-13(16(20)21-2)8-11(17)9-14(15)18/h8-10,12,19H,3-7H2,1-2H3. The number of hydrogen-bond acceptors (Lipinski definition) is 3. The number of benzene rings is 1. The van der Waals surface area contributed by atoms with Gasteiger partial charge in [0.05, 0.1) is 18.4 Å². The molecule has 0 aliphatic heterocycles. The van der Waals surface area contributed by atoms with E-state index >= 15 is 0 Å². The molecule has 1 N–H and O–H groups in total. The zero-order valence-corrected chi connectivity index (χ0v) is 15.6. The molecule has 3 nitrogen and oxygen atoms in total. The van der Waals surface area contributed by atoms with Gasteiger partial charge in [-0.05, 0) is 53.2 Å². The Morgan fingerprint density at radius 2 is 2.00 bits per heavy atom. The highest BCUT2D eigenvalue weighted by Gasteiger charge is 2.21. The third-order valence-corrected chi connectivity index (χ3v) is 5.15. The number of carbonyl (C=O) groups excluding carboxylic acids is 1. The van der Waals surface area contributed by atoms with Crippen molar-refractivity contribution in [1.82, 2.24) is 0 Å². The van der Waals surface area contributed by atoms with Crippen molar-refractivity contribution in [2.75, 3.05) is 12.4 Å². The van der Waals surface area contributed by atoms with Gasteiger partial charge in [0.2, 0.25) is 0 Å². The van der Waals surface area contributed by atoms with Gasteiger partial charge in [-0.1, -0.05) is 35.7 Å². The van der Waals surface area contributed by atoms with Crippen molar-refractivity contribution in [3.63, 3.8) is 0 Å². The Labute approximate surface area is 143 Å². The number of rotatable bonds is 3. The van der Waals surface area contributed by atoms with Gasteiger partial charge >= 0.3 is 5.97 Å². The molecular weight excluding hydrogens is 398 g/mol. The maximum Gasteiger partial charge on any atom is 0.340 e. The van der Waals surface area contributed by atoms with Crippen LogP contribution < -0.4 is 5.32 Å². The van der Waals surface area contributed by atoms with E-state index in [2.05, 4.69) is 44.1 Å². The Hall–Kier alpha value is -0.550. The molecule has 1 aliphatic rings. The van der Waals surface area contributed by atoms with Gasteiger partial charge in [-0.3, -0.25) is 0 Å². The number of ether oxygens (including phenoxy) is 1. The van der Waals surface area contributed by atoms with Gasteiger partial charge in [0.25, 0.3) is 0 Å². The first-order valence-corrected chi connectivity index (χ1v) is 8.93. The van der Waals surface area contributed by atoms with Crippen molar-refractivity contribution in [2.24, 2.45) is 5.92 Å². The summed E-state index contributed by atoms with van der Waals surface area (Å²) in [7, 11) is 1.41. The van der Waals surface area contributed by atoms with Crippen LogP contribution in [0.2, 0.25) is 0 Å². The number of esters is 1. The molecule has 1 saturated carbocycles. The fourth-order valence-electron chi connectivity index (χ4n) is 2.83. The normalized spacial score (nSPS) is 22.5. The molecule has 1 aromatic rings. The van der Waals surface area contributed by atoms with Crippen LogP contribution in [-0.2, 0) is 4.74 Å². The Bertz CT molecular complexity index is 519. The number of nitrogens with one attached hydrogen (secondary N) is 1. The quantitative estimate of drug-likeness (QED) is 0.528. The monoisotopic (exact) mass is 417 g/mol. The number of carbonyl (C=O) groups is 1. The largest absolute Gasteiger partial charge is 0.465 e. The third kappa shape index (κ3) is 4.46. The van der Waals surface area contributed by atoms with E-state index in [1.54, 1.807) is 6.07 Å². The van der Waals surface area contributed by atoms with Crippen LogP contribution in [0, 0.1) is 5.92 Å². The van der Waals surface area contributed by atoms with E-state index < -0.39 is 0 Å². The first-order chi connectivity index (χ1) is 10.0. The summed E-state index contributed by atoms with van der Waals surface area (Å²) in [5.74, 6) is 0.478. The van der Waals surface area contributed by atoms with Crippen molar-refractivity contribution in [3.8, 4) is 0 Å². The number of halogens is 2. The van der Waals surface area contributed by atoms with Crippen molar-refractivity contribution in [1.29, 1.82) is 0 Å². The van der Waals surface area contributed by atoms with E-state index in [1.165, 1.54) is 26.4 Å². The Morgan fingerprint density at radius 3 is 2.71 bits per heavy atom. The molecule has 0 heterocycles. The minimum atomic E-state index is -0.318. The first kappa shape index (κ1) is 16.8. The molecule has 116 valence electrons. The Balaban J connectivity index is 2.24. The average Bonchev–Trinajstić information content (AvgIpc) is 2.65. The zero-order chi connectivity index (χ0) is 15.4. The molecule has 0 amide bonds. The predicted octanol–water partition coefficient (Wildman–Crippen LogP) is 5.38. The molecule has 2 atom stereocenters. The molecule has 0 saturated heterocycles. The zero-order valence-electron chi connectivity index (χ0n) is 12.4. The van der Waals surface area contributed by atoms with Crippen LogP contribution in [0.1, 0.15) is 49.4 Å². The lowest BCUT2D eigenvalue weighted by molar-refractivity contribution is 0.0601. The van der Waals surface area contributed by atoms with E-state index in [-0.39, 0.29) is 5.97 Å². The molecule has 1 aliphatic carbocycles. The van der Waals surface area contributed by atoms with Crippen LogP contribution in [-0.4, -0.2) is 19.1 Å². The smallest absolute Gasteiger partial charge is 0.340 e. The summed E-state index contributed by atoms with van der Waals surface area (Å²) in [6.45, 7) is 2.32. The van der Waals surface area contributed by atoms with Crippen molar-refractivity contribution in [2.45, 2.75) is 45.1 Å². The van der Waals surface area contributed by atoms with Crippen LogP contribution >= 0.6 is 31.9 Å². The van der Waals surface area contributed by atoms with Gasteiger partial charge in [0.15, 0.2) is 0 Å². The van der Waals surface area contributed by atoms with Crippen molar-refractivity contribution < 1.29 is 9.53 Å². The lowest BCUT2D eigenvalue weighted by atomic mass is 10.0. The van der Waals surface area contributed by atoms with E-state index in [1.807, 2.05) is 6.07 Å². The summed E-state index contributed by atoms with van der Waals surface area (Å²) in [5, 5.41) is 3.55. The molecule has 1 fully saturated rings. The molecule has 21 heavy (non-hydrogen) atoms. The molecule has 0 aromatic heterocycles. The second kappa shape index (κ2) is 7.63. The Kier molecular flexibility index (Phi) is 6.11. The molecule has 0 spiro atoms. The van der Waals surface area contributed by atoms with E-state index in [4.69, 9.17) is 4.74 Å². The molecule has 0 bridgehead atoms. The summed E-state index contributed by atoms with van der Waals surface area (Å²) in [4.78, 5) is 12.0. The van der Waals surface area contributed by atoms with Gasteiger partial charge in [0.1, 0.15) is 0 Å². The summed E-state index contributed by atoms with van der Waals surface area (Å²) in [5.41, 5.74) is 1.40. The summed E-state index contributed by atoms with van der Waals surface area (Å²) in [6, 6.07) is 4.17. The third-order valence-electron chi connectivity index (χ3n) is 4.07. The maximum atomic E-state index is 12.0. The van der Waals surface area contributed by atoms with E-state index in [0.717, 1.165) is 33.4 Å². The van der Waals surface area contributed by atoms with Gasteiger partial charge in [-0.25, -0.2) is 4.79 Å². The molecule has 0 radical (unpaired) electrons. The van der Waals surface area contributed by atoms with Gasteiger partial charge < -0.3 is 10.1 Å². The number of anilines is 1. The highest BCUT2D eigenvalue weighted by atomic mass is 79.9. The molecule has 1 aromatic carbocycles. The number of hydrogen-bond donors (Lipinski definition) is 1. The van der Waals surface area contributed by atoms with E-state index in [0.29, 0.717) is 11.6 Å². The summed E-state index contributed by atoms with van der Waals surface area (Å²) < 4.78 is 6.64. The fraction of sp³-hybridized carbons (Fsp3) is 0.562. The van der Waals surface area contributed by atoms with E-state index in [9.17, 15) is 4.79 Å². The molecular formula is C16H21Br2NO2.